The third-order valence-electron chi connectivity index (χ3n) is 2.23. The molecule has 0 aromatic rings. The van der Waals surface area contributed by atoms with Crippen LogP contribution in [0.3, 0.4) is 0 Å². The van der Waals surface area contributed by atoms with E-state index in [4.69, 9.17) is 17.0 Å². The zero-order valence-electron chi connectivity index (χ0n) is 9.89. The number of hydrogen-bond acceptors (Lipinski definition) is 5. The molecule has 0 spiro atoms. The Kier molecular flexibility index (Phi) is 5.70. The van der Waals surface area contributed by atoms with Gasteiger partial charge in [-0.3, -0.25) is 4.79 Å². The van der Waals surface area contributed by atoms with E-state index < -0.39 is 6.09 Å². The summed E-state index contributed by atoms with van der Waals surface area (Å²) in [5.74, 6) is -0.185. The summed E-state index contributed by atoms with van der Waals surface area (Å²) in [6.07, 6.45) is 1.80. The lowest BCUT2D eigenvalue weighted by molar-refractivity contribution is -0.127. The highest BCUT2D eigenvalue weighted by Gasteiger charge is 2.37. The summed E-state index contributed by atoms with van der Waals surface area (Å²) in [5.41, 5.74) is 2.36. The normalized spacial score (nSPS) is 19.6. The van der Waals surface area contributed by atoms with E-state index in [0.717, 1.165) is 17.9 Å². The second-order valence-corrected chi connectivity index (χ2v) is 5.39. The van der Waals surface area contributed by atoms with Crippen molar-refractivity contribution in [1.29, 1.82) is 0 Å². The Hall–Kier alpha value is -0.820. The quantitative estimate of drug-likeness (QED) is 0.615. The van der Waals surface area contributed by atoms with Crippen LogP contribution in [0.4, 0.5) is 4.79 Å². The predicted molar refractivity (Wildman–Crippen MR) is 70.5 cm³/mol. The van der Waals surface area contributed by atoms with Crippen LogP contribution < -0.4 is 5.43 Å². The standard InChI is InChI=1S/C10H16N2O3S2/c1-3-5-6-15-9(14)11-12-8(13)7(4-2)17-10(12)16/h7H,3-6H2,1-2H3,(H,11,14). The maximum atomic E-state index is 11.8. The Morgan fingerprint density at radius 3 is 2.82 bits per heavy atom. The zero-order chi connectivity index (χ0) is 12.8. The molecule has 17 heavy (non-hydrogen) atoms. The van der Waals surface area contributed by atoms with Gasteiger partial charge in [0.25, 0.3) is 5.91 Å². The molecule has 7 heteroatoms. The molecule has 1 rings (SSSR count). The first-order valence-electron chi connectivity index (χ1n) is 5.58. The van der Waals surface area contributed by atoms with E-state index in [-0.39, 0.29) is 11.2 Å². The van der Waals surface area contributed by atoms with Crippen LogP contribution in [0, 0.1) is 0 Å². The van der Waals surface area contributed by atoms with Gasteiger partial charge in [-0.05, 0) is 12.8 Å². The number of thiocarbonyl (C=S) groups is 1. The van der Waals surface area contributed by atoms with Crippen molar-refractivity contribution in [1.82, 2.24) is 10.4 Å². The molecule has 0 bridgehead atoms. The molecule has 1 aliphatic rings. The number of carbonyl (C=O) groups excluding carboxylic acids is 2. The number of nitrogens with zero attached hydrogens (tertiary/aromatic N) is 1. The Morgan fingerprint density at radius 1 is 1.59 bits per heavy atom. The highest BCUT2D eigenvalue weighted by Crippen LogP contribution is 2.27. The zero-order valence-corrected chi connectivity index (χ0v) is 11.5. The summed E-state index contributed by atoms with van der Waals surface area (Å²) in [5, 5.41) is 0.904. The fraction of sp³-hybridized carbons (Fsp3) is 0.700. The smallest absolute Gasteiger partial charge is 0.426 e. The Morgan fingerprint density at radius 2 is 2.29 bits per heavy atom. The first kappa shape index (κ1) is 14.2. The van der Waals surface area contributed by atoms with Crippen molar-refractivity contribution in [3.05, 3.63) is 0 Å². The average molecular weight is 276 g/mol. The van der Waals surface area contributed by atoms with Crippen LogP contribution in [-0.2, 0) is 9.53 Å². The van der Waals surface area contributed by atoms with Gasteiger partial charge in [-0.1, -0.05) is 44.2 Å². The molecule has 0 aromatic carbocycles. The Labute approximate surface area is 110 Å². The van der Waals surface area contributed by atoms with Gasteiger partial charge in [0.2, 0.25) is 0 Å². The summed E-state index contributed by atoms with van der Waals surface area (Å²) in [6, 6.07) is 0. The molecular formula is C10H16N2O3S2. The molecule has 96 valence electrons. The van der Waals surface area contributed by atoms with Gasteiger partial charge in [0.15, 0.2) is 4.32 Å². The number of rotatable bonds is 5. The highest BCUT2D eigenvalue weighted by atomic mass is 32.2. The molecular weight excluding hydrogens is 260 g/mol. The molecule has 0 aromatic heterocycles. The van der Waals surface area contributed by atoms with E-state index >= 15 is 0 Å². The first-order chi connectivity index (χ1) is 8.10. The minimum atomic E-state index is -0.633. The van der Waals surface area contributed by atoms with Crippen LogP contribution in [-0.4, -0.2) is 33.2 Å². The molecule has 1 saturated heterocycles. The van der Waals surface area contributed by atoms with E-state index in [0.29, 0.717) is 17.3 Å². The minimum absolute atomic E-state index is 0.185. The molecule has 1 atom stereocenters. The number of carbonyl (C=O) groups is 2. The summed E-state index contributed by atoms with van der Waals surface area (Å²) in [4.78, 5) is 23.1. The highest BCUT2D eigenvalue weighted by molar-refractivity contribution is 8.24. The molecule has 2 amide bonds. The summed E-state index contributed by atoms with van der Waals surface area (Å²) in [7, 11) is 0. The van der Waals surface area contributed by atoms with Gasteiger partial charge in [-0.15, -0.1) is 0 Å². The lowest BCUT2D eigenvalue weighted by Gasteiger charge is -2.16. The predicted octanol–water partition coefficient (Wildman–Crippen LogP) is 2.07. The molecule has 1 unspecified atom stereocenters. The first-order valence-corrected chi connectivity index (χ1v) is 6.86. The summed E-state index contributed by atoms with van der Waals surface area (Å²) in [6.45, 7) is 4.26. The van der Waals surface area contributed by atoms with E-state index in [1.807, 2.05) is 13.8 Å². The average Bonchev–Trinajstić information content (AvgIpc) is 2.57. The van der Waals surface area contributed by atoms with Crippen molar-refractivity contribution >= 4 is 40.3 Å². The number of nitrogens with one attached hydrogen (secondary N) is 1. The van der Waals surface area contributed by atoms with E-state index in [9.17, 15) is 9.59 Å². The molecule has 1 aliphatic heterocycles. The Balaban J connectivity index is 2.43. The maximum absolute atomic E-state index is 11.8. The second kappa shape index (κ2) is 6.80. The van der Waals surface area contributed by atoms with Gasteiger partial charge in [-0.25, -0.2) is 10.2 Å². The number of hydrogen-bond donors (Lipinski definition) is 1. The van der Waals surface area contributed by atoms with E-state index in [1.165, 1.54) is 11.8 Å². The van der Waals surface area contributed by atoms with Gasteiger partial charge >= 0.3 is 6.09 Å². The second-order valence-electron chi connectivity index (χ2n) is 3.56. The van der Waals surface area contributed by atoms with Gasteiger partial charge in [0.05, 0.1) is 11.9 Å². The number of unbranched alkanes of at least 4 members (excludes halogenated alkanes) is 1. The van der Waals surface area contributed by atoms with Gasteiger partial charge in [0, 0.05) is 0 Å². The minimum Gasteiger partial charge on any atom is -0.448 e. The van der Waals surface area contributed by atoms with Crippen LogP contribution in [0.25, 0.3) is 0 Å². The van der Waals surface area contributed by atoms with Crippen molar-refractivity contribution in [2.24, 2.45) is 0 Å². The lowest BCUT2D eigenvalue weighted by Crippen LogP contribution is -2.46. The number of hydrazine groups is 1. The number of ether oxygens (including phenoxy) is 1. The third-order valence-corrected chi connectivity index (χ3v) is 3.90. The molecule has 5 nitrogen and oxygen atoms in total. The number of amides is 2. The van der Waals surface area contributed by atoms with Gasteiger partial charge in [0.1, 0.15) is 0 Å². The van der Waals surface area contributed by atoms with Crippen molar-refractivity contribution in [3.63, 3.8) is 0 Å². The molecule has 1 fully saturated rings. The maximum Gasteiger partial charge on any atom is 0.426 e. The van der Waals surface area contributed by atoms with Gasteiger partial charge in [-0.2, -0.15) is 5.01 Å². The summed E-state index contributed by atoms with van der Waals surface area (Å²) < 4.78 is 5.27. The molecule has 0 saturated carbocycles. The molecule has 0 radical (unpaired) electrons. The summed E-state index contributed by atoms with van der Waals surface area (Å²) >= 11 is 6.30. The van der Waals surface area contributed by atoms with Crippen molar-refractivity contribution < 1.29 is 14.3 Å². The van der Waals surface area contributed by atoms with E-state index in [2.05, 4.69) is 5.43 Å². The fourth-order valence-corrected chi connectivity index (χ4v) is 2.59. The van der Waals surface area contributed by atoms with Gasteiger partial charge < -0.3 is 4.74 Å². The number of thioether (sulfide) groups is 1. The van der Waals surface area contributed by atoms with Crippen molar-refractivity contribution in [2.75, 3.05) is 6.61 Å². The largest absolute Gasteiger partial charge is 0.448 e. The molecule has 0 aliphatic carbocycles. The third kappa shape index (κ3) is 3.85. The van der Waals surface area contributed by atoms with Crippen molar-refractivity contribution in [3.8, 4) is 0 Å². The topological polar surface area (TPSA) is 58.6 Å². The van der Waals surface area contributed by atoms with Crippen LogP contribution in [0.2, 0.25) is 0 Å². The Bertz CT molecular complexity index is 323. The van der Waals surface area contributed by atoms with Crippen molar-refractivity contribution in [2.45, 2.75) is 38.4 Å². The monoisotopic (exact) mass is 276 g/mol. The fourth-order valence-electron chi connectivity index (χ4n) is 1.25. The van der Waals surface area contributed by atoms with Crippen LogP contribution in [0.1, 0.15) is 33.1 Å². The van der Waals surface area contributed by atoms with Crippen LogP contribution in [0.15, 0.2) is 0 Å². The lowest BCUT2D eigenvalue weighted by atomic mass is 10.3. The SMILES string of the molecule is CCCCOC(=O)NN1C(=O)C(CC)SC1=S. The van der Waals surface area contributed by atoms with Crippen LogP contribution >= 0.6 is 24.0 Å². The molecule has 1 heterocycles. The molecule has 1 N–H and O–H groups in total. The van der Waals surface area contributed by atoms with E-state index in [1.54, 1.807) is 0 Å². The van der Waals surface area contributed by atoms with Crippen LogP contribution in [0.5, 0.6) is 0 Å².